The van der Waals surface area contributed by atoms with E-state index in [2.05, 4.69) is 15.2 Å². The van der Waals surface area contributed by atoms with Crippen LogP contribution in [0.1, 0.15) is 32.1 Å². The van der Waals surface area contributed by atoms with Crippen LogP contribution in [0.2, 0.25) is 0 Å². The maximum atomic E-state index is 11.5. The number of guanidine groups is 1. The molecule has 0 aromatic rings. The number of hydrogen-bond donors (Lipinski definition) is 2. The third kappa shape index (κ3) is 4.70. The predicted octanol–water partition coefficient (Wildman–Crippen LogP) is 0.980. The number of carbonyl (C=O) groups excluding carboxylic acids is 1. The number of nitrogens with zero attached hydrogens (tertiary/aromatic N) is 2. The van der Waals surface area contributed by atoms with Crippen molar-refractivity contribution in [2.45, 2.75) is 37.7 Å². The van der Waals surface area contributed by atoms with Crippen molar-refractivity contribution in [2.75, 3.05) is 33.8 Å². The molecule has 6 nitrogen and oxygen atoms in total. The zero-order valence-corrected chi connectivity index (χ0v) is 15.1. The Morgan fingerprint density at radius 1 is 1.43 bits per heavy atom. The maximum Gasteiger partial charge on any atom is 0.308 e. The van der Waals surface area contributed by atoms with E-state index < -0.39 is 5.60 Å². The molecule has 0 radical (unpaired) electrons. The number of rotatable bonds is 3. The number of piperidine rings is 1. The summed E-state index contributed by atoms with van der Waals surface area (Å²) in [6, 6.07) is 0. The second-order valence-corrected chi connectivity index (χ2v) is 5.76. The van der Waals surface area contributed by atoms with Crippen LogP contribution >= 0.6 is 24.0 Å². The number of likely N-dealkylation sites (tertiary alicyclic amines) is 1. The first-order chi connectivity index (χ1) is 9.58. The van der Waals surface area contributed by atoms with Crippen LogP contribution in [0, 0.1) is 5.92 Å². The van der Waals surface area contributed by atoms with E-state index in [0.717, 1.165) is 51.2 Å². The van der Waals surface area contributed by atoms with Crippen molar-refractivity contribution < 1.29 is 14.6 Å². The highest BCUT2D eigenvalue weighted by Crippen LogP contribution is 2.30. The number of methoxy groups -OCH3 is 1. The SMILES string of the molecule is CN=C(NCC1(O)CCC1)N1CCC(C(=O)OC)CC1.I. The maximum absolute atomic E-state index is 11.5. The van der Waals surface area contributed by atoms with Crippen LogP contribution in [0.15, 0.2) is 4.99 Å². The third-order valence-electron chi connectivity index (χ3n) is 4.40. The van der Waals surface area contributed by atoms with Gasteiger partial charge in [-0.05, 0) is 32.1 Å². The summed E-state index contributed by atoms with van der Waals surface area (Å²) >= 11 is 0. The van der Waals surface area contributed by atoms with Crippen molar-refractivity contribution in [2.24, 2.45) is 10.9 Å². The molecule has 7 heteroatoms. The van der Waals surface area contributed by atoms with E-state index in [1.54, 1.807) is 7.05 Å². The van der Waals surface area contributed by atoms with Crippen LogP contribution < -0.4 is 5.32 Å². The molecule has 2 aliphatic rings. The topological polar surface area (TPSA) is 74.2 Å². The van der Waals surface area contributed by atoms with Crippen molar-refractivity contribution in [1.82, 2.24) is 10.2 Å². The van der Waals surface area contributed by atoms with Crippen molar-refractivity contribution in [1.29, 1.82) is 0 Å². The number of nitrogens with one attached hydrogen (secondary N) is 1. The van der Waals surface area contributed by atoms with E-state index in [0.29, 0.717) is 6.54 Å². The van der Waals surface area contributed by atoms with Crippen LogP contribution in [-0.4, -0.2) is 61.3 Å². The summed E-state index contributed by atoms with van der Waals surface area (Å²) in [5, 5.41) is 13.4. The van der Waals surface area contributed by atoms with Crippen molar-refractivity contribution >= 4 is 35.9 Å². The highest BCUT2D eigenvalue weighted by Gasteiger charge is 2.35. The van der Waals surface area contributed by atoms with Gasteiger partial charge >= 0.3 is 5.97 Å². The standard InChI is InChI=1S/C14H25N3O3.HI/c1-15-13(16-10-14(19)6-3-7-14)17-8-4-11(5-9-17)12(18)20-2;/h11,19H,3-10H2,1-2H3,(H,15,16);1H. The lowest BCUT2D eigenvalue weighted by Crippen LogP contribution is -2.53. The molecule has 21 heavy (non-hydrogen) atoms. The van der Waals surface area contributed by atoms with E-state index in [1.165, 1.54) is 7.11 Å². The monoisotopic (exact) mass is 411 g/mol. The molecule has 1 aliphatic carbocycles. The first kappa shape index (κ1) is 18.5. The van der Waals surface area contributed by atoms with E-state index >= 15 is 0 Å². The van der Waals surface area contributed by atoms with Crippen molar-refractivity contribution in [3.63, 3.8) is 0 Å². The van der Waals surface area contributed by atoms with Gasteiger partial charge in [0.15, 0.2) is 5.96 Å². The Kier molecular flexibility index (Phi) is 7.19. The van der Waals surface area contributed by atoms with Gasteiger partial charge in [-0.2, -0.15) is 0 Å². The van der Waals surface area contributed by atoms with E-state index in [4.69, 9.17) is 4.74 Å². The van der Waals surface area contributed by atoms with Gasteiger partial charge in [-0.15, -0.1) is 24.0 Å². The lowest BCUT2D eigenvalue weighted by atomic mass is 9.80. The highest BCUT2D eigenvalue weighted by molar-refractivity contribution is 14.0. The number of carbonyl (C=O) groups is 1. The molecule has 0 aromatic heterocycles. The van der Waals surface area contributed by atoms with Gasteiger partial charge in [-0.25, -0.2) is 0 Å². The molecule has 0 atom stereocenters. The summed E-state index contributed by atoms with van der Waals surface area (Å²) in [7, 11) is 3.19. The normalized spacial score (nSPS) is 22.0. The lowest BCUT2D eigenvalue weighted by Gasteiger charge is -2.39. The molecular formula is C14H26IN3O3. The molecule has 1 saturated heterocycles. The fourth-order valence-corrected chi connectivity index (χ4v) is 2.83. The first-order valence-electron chi connectivity index (χ1n) is 7.34. The molecule has 0 spiro atoms. The number of aliphatic imine (C=N–C) groups is 1. The summed E-state index contributed by atoms with van der Waals surface area (Å²) in [5.74, 6) is 0.704. The molecule has 122 valence electrons. The molecule has 1 saturated carbocycles. The largest absolute Gasteiger partial charge is 0.469 e. The number of esters is 1. The minimum atomic E-state index is -0.555. The van der Waals surface area contributed by atoms with E-state index in [9.17, 15) is 9.90 Å². The lowest BCUT2D eigenvalue weighted by molar-refractivity contribution is -0.146. The Balaban J connectivity index is 0.00000220. The Bertz CT molecular complexity index is 378. The number of ether oxygens (including phenoxy) is 1. The molecule has 1 aliphatic heterocycles. The van der Waals surface area contributed by atoms with Crippen LogP contribution in [-0.2, 0) is 9.53 Å². The molecule has 2 N–H and O–H groups in total. The minimum Gasteiger partial charge on any atom is -0.469 e. The van der Waals surface area contributed by atoms with Gasteiger partial charge < -0.3 is 20.1 Å². The van der Waals surface area contributed by atoms with E-state index in [1.807, 2.05) is 0 Å². The zero-order valence-electron chi connectivity index (χ0n) is 12.8. The Morgan fingerprint density at radius 2 is 2.05 bits per heavy atom. The number of halogens is 1. The van der Waals surface area contributed by atoms with Gasteiger partial charge in [0.1, 0.15) is 0 Å². The predicted molar refractivity (Wildman–Crippen MR) is 91.9 cm³/mol. The third-order valence-corrected chi connectivity index (χ3v) is 4.40. The van der Waals surface area contributed by atoms with Gasteiger partial charge in [-0.1, -0.05) is 0 Å². The summed E-state index contributed by atoms with van der Waals surface area (Å²) in [4.78, 5) is 17.9. The second kappa shape index (κ2) is 8.17. The number of hydrogen-bond acceptors (Lipinski definition) is 4. The smallest absolute Gasteiger partial charge is 0.308 e. The van der Waals surface area contributed by atoms with Crippen LogP contribution in [0.5, 0.6) is 0 Å². The van der Waals surface area contributed by atoms with Crippen molar-refractivity contribution in [3.8, 4) is 0 Å². The molecular weight excluding hydrogens is 385 g/mol. The fourth-order valence-electron chi connectivity index (χ4n) is 2.83. The fraction of sp³-hybridized carbons (Fsp3) is 0.857. The summed E-state index contributed by atoms with van der Waals surface area (Å²) in [6.07, 6.45) is 4.40. The van der Waals surface area contributed by atoms with Gasteiger partial charge in [0.25, 0.3) is 0 Å². The molecule has 1 heterocycles. The van der Waals surface area contributed by atoms with Gasteiger partial charge in [0.05, 0.1) is 18.6 Å². The first-order valence-corrected chi connectivity index (χ1v) is 7.34. The van der Waals surface area contributed by atoms with E-state index in [-0.39, 0.29) is 35.9 Å². The summed E-state index contributed by atoms with van der Waals surface area (Å²) in [6.45, 7) is 2.13. The highest BCUT2D eigenvalue weighted by atomic mass is 127. The Labute approximate surface area is 143 Å². The number of aliphatic hydroxyl groups is 1. The van der Waals surface area contributed by atoms with Crippen LogP contribution in [0.4, 0.5) is 0 Å². The minimum absolute atomic E-state index is 0. The molecule has 2 rings (SSSR count). The average Bonchev–Trinajstić information content (AvgIpc) is 2.46. The van der Waals surface area contributed by atoms with Crippen LogP contribution in [0.25, 0.3) is 0 Å². The Morgan fingerprint density at radius 3 is 2.48 bits per heavy atom. The summed E-state index contributed by atoms with van der Waals surface area (Å²) in [5.41, 5.74) is -0.555. The quantitative estimate of drug-likeness (QED) is 0.314. The van der Waals surface area contributed by atoms with Gasteiger partial charge in [0, 0.05) is 26.7 Å². The Hall–Kier alpha value is -0.570. The molecule has 0 unspecified atom stereocenters. The average molecular weight is 411 g/mol. The van der Waals surface area contributed by atoms with Crippen molar-refractivity contribution in [3.05, 3.63) is 0 Å². The van der Waals surface area contributed by atoms with Gasteiger partial charge in [-0.3, -0.25) is 9.79 Å². The molecule has 0 aromatic carbocycles. The van der Waals surface area contributed by atoms with Gasteiger partial charge in [0.2, 0.25) is 0 Å². The molecule has 0 bridgehead atoms. The summed E-state index contributed by atoms with van der Waals surface area (Å²) < 4.78 is 4.79. The second-order valence-electron chi connectivity index (χ2n) is 5.76. The molecule has 0 amide bonds. The zero-order chi connectivity index (χ0) is 14.6. The molecule has 2 fully saturated rings. The van der Waals surface area contributed by atoms with Crippen LogP contribution in [0.3, 0.4) is 0 Å².